The van der Waals surface area contributed by atoms with Crippen molar-refractivity contribution in [2.24, 2.45) is 11.7 Å². The molecule has 94 valence electrons. The first-order chi connectivity index (χ1) is 8.06. The van der Waals surface area contributed by atoms with Crippen LogP contribution in [0.25, 0.3) is 0 Å². The molecule has 0 bridgehead atoms. The number of hydrogen-bond donors (Lipinski definition) is 1. The molecule has 0 saturated heterocycles. The molecule has 1 fully saturated rings. The Morgan fingerprint density at radius 1 is 1.53 bits per heavy atom. The molecule has 1 aromatic carbocycles. The first-order valence-electron chi connectivity index (χ1n) is 5.96. The molecule has 17 heavy (non-hydrogen) atoms. The van der Waals surface area contributed by atoms with E-state index in [1.54, 1.807) is 0 Å². The van der Waals surface area contributed by atoms with Gasteiger partial charge in [-0.3, -0.25) is 0 Å². The van der Waals surface area contributed by atoms with Crippen molar-refractivity contribution in [2.45, 2.75) is 32.4 Å². The summed E-state index contributed by atoms with van der Waals surface area (Å²) in [7, 11) is 1.95. The lowest BCUT2D eigenvalue weighted by atomic mass is 10.1. The highest BCUT2D eigenvalue weighted by atomic mass is 79.9. The molecule has 0 aliphatic heterocycles. The highest BCUT2D eigenvalue weighted by molar-refractivity contribution is 9.10. The Balaban J connectivity index is 2.28. The maximum atomic E-state index is 14.2. The van der Waals surface area contributed by atoms with Crippen LogP contribution in [-0.2, 0) is 6.54 Å². The molecule has 2 rings (SSSR count). The Kier molecular flexibility index (Phi) is 3.73. The minimum absolute atomic E-state index is 0.206. The molecule has 2 N–H and O–H groups in total. The smallest absolute Gasteiger partial charge is 0.160 e. The van der Waals surface area contributed by atoms with Crippen LogP contribution in [-0.4, -0.2) is 13.1 Å². The van der Waals surface area contributed by atoms with Crippen LogP contribution in [0.3, 0.4) is 0 Å². The third-order valence-corrected chi connectivity index (χ3v) is 4.51. The Hall–Kier alpha value is -0.610. The third kappa shape index (κ3) is 2.47. The molecule has 1 aromatic rings. The summed E-state index contributed by atoms with van der Waals surface area (Å²) in [5.74, 6) is 0.510. The van der Waals surface area contributed by atoms with Gasteiger partial charge in [0.05, 0.1) is 10.2 Å². The van der Waals surface area contributed by atoms with Gasteiger partial charge >= 0.3 is 0 Å². The van der Waals surface area contributed by atoms with Crippen LogP contribution in [0.15, 0.2) is 16.6 Å². The zero-order chi connectivity index (χ0) is 12.6. The molecule has 4 heteroatoms. The zero-order valence-corrected chi connectivity index (χ0v) is 11.8. The third-order valence-electron chi connectivity index (χ3n) is 3.66. The maximum absolute atomic E-state index is 14.2. The molecule has 0 spiro atoms. The number of rotatable bonds is 4. The number of benzene rings is 1. The van der Waals surface area contributed by atoms with Gasteiger partial charge < -0.3 is 10.6 Å². The number of anilines is 1. The van der Waals surface area contributed by atoms with Crippen molar-refractivity contribution in [2.75, 3.05) is 11.9 Å². The van der Waals surface area contributed by atoms with E-state index in [-0.39, 0.29) is 5.82 Å². The summed E-state index contributed by atoms with van der Waals surface area (Å²) in [5, 5.41) is 0. The first kappa shape index (κ1) is 12.8. The van der Waals surface area contributed by atoms with Gasteiger partial charge in [0.15, 0.2) is 5.82 Å². The fourth-order valence-electron chi connectivity index (χ4n) is 2.12. The van der Waals surface area contributed by atoms with Crippen molar-refractivity contribution in [3.05, 3.63) is 28.0 Å². The number of nitrogens with two attached hydrogens (primary N) is 1. The minimum Gasteiger partial charge on any atom is -0.369 e. The summed E-state index contributed by atoms with van der Waals surface area (Å²) >= 11 is 3.28. The van der Waals surface area contributed by atoms with Crippen LogP contribution in [0.5, 0.6) is 0 Å². The monoisotopic (exact) mass is 300 g/mol. The van der Waals surface area contributed by atoms with E-state index in [2.05, 4.69) is 22.9 Å². The van der Waals surface area contributed by atoms with E-state index in [0.29, 0.717) is 28.7 Å². The molecule has 1 unspecified atom stereocenters. The van der Waals surface area contributed by atoms with Gasteiger partial charge in [-0.05, 0) is 53.2 Å². The van der Waals surface area contributed by atoms with E-state index in [1.807, 2.05) is 24.1 Å². The molecule has 0 radical (unpaired) electrons. The SMILES string of the molecule is CC(C1CC1)N(C)c1ccc(CN)c(Br)c1F. The second kappa shape index (κ2) is 4.94. The standard InChI is InChI=1S/C13H18BrFN2/c1-8(9-3-4-9)17(2)11-6-5-10(7-16)12(14)13(11)15/h5-6,8-9H,3-4,7,16H2,1-2H3. The van der Waals surface area contributed by atoms with Crippen LogP contribution in [0.2, 0.25) is 0 Å². The molecule has 1 atom stereocenters. The van der Waals surface area contributed by atoms with Crippen molar-refractivity contribution in [3.63, 3.8) is 0 Å². The molecular weight excluding hydrogens is 283 g/mol. The van der Waals surface area contributed by atoms with E-state index in [4.69, 9.17) is 5.73 Å². The van der Waals surface area contributed by atoms with Gasteiger partial charge in [-0.2, -0.15) is 0 Å². The van der Waals surface area contributed by atoms with Crippen LogP contribution in [0, 0.1) is 11.7 Å². The number of halogens is 2. The predicted molar refractivity (Wildman–Crippen MR) is 72.6 cm³/mol. The molecule has 1 aliphatic rings. The zero-order valence-electron chi connectivity index (χ0n) is 10.2. The van der Waals surface area contributed by atoms with E-state index in [1.165, 1.54) is 12.8 Å². The van der Waals surface area contributed by atoms with Gasteiger partial charge in [0.25, 0.3) is 0 Å². The van der Waals surface area contributed by atoms with Crippen molar-refractivity contribution in [1.29, 1.82) is 0 Å². The van der Waals surface area contributed by atoms with Gasteiger partial charge in [-0.25, -0.2) is 4.39 Å². The van der Waals surface area contributed by atoms with E-state index in [9.17, 15) is 4.39 Å². The topological polar surface area (TPSA) is 29.3 Å². The summed E-state index contributed by atoms with van der Waals surface area (Å²) < 4.78 is 14.7. The van der Waals surface area contributed by atoms with Crippen LogP contribution < -0.4 is 10.6 Å². The normalized spacial score (nSPS) is 17.0. The maximum Gasteiger partial charge on any atom is 0.160 e. The number of nitrogens with zero attached hydrogens (tertiary/aromatic N) is 1. The van der Waals surface area contributed by atoms with Crippen LogP contribution >= 0.6 is 15.9 Å². The highest BCUT2D eigenvalue weighted by Gasteiger charge is 2.31. The first-order valence-corrected chi connectivity index (χ1v) is 6.75. The molecular formula is C13H18BrFN2. The van der Waals surface area contributed by atoms with Gasteiger partial charge in [0.1, 0.15) is 0 Å². The minimum atomic E-state index is -0.206. The molecule has 2 nitrogen and oxygen atoms in total. The molecule has 1 aliphatic carbocycles. The average Bonchev–Trinajstić information content (AvgIpc) is 3.15. The van der Waals surface area contributed by atoms with Crippen molar-refractivity contribution in [3.8, 4) is 0 Å². The van der Waals surface area contributed by atoms with Crippen molar-refractivity contribution >= 4 is 21.6 Å². The Morgan fingerprint density at radius 2 is 2.18 bits per heavy atom. The van der Waals surface area contributed by atoms with Gasteiger partial charge in [-0.15, -0.1) is 0 Å². The van der Waals surface area contributed by atoms with E-state index >= 15 is 0 Å². The van der Waals surface area contributed by atoms with Gasteiger partial charge in [0.2, 0.25) is 0 Å². The van der Waals surface area contributed by atoms with Crippen LogP contribution in [0.1, 0.15) is 25.3 Å². The molecule has 1 saturated carbocycles. The van der Waals surface area contributed by atoms with Crippen LogP contribution in [0.4, 0.5) is 10.1 Å². The van der Waals surface area contributed by atoms with Crippen molar-refractivity contribution in [1.82, 2.24) is 0 Å². The lowest BCUT2D eigenvalue weighted by Crippen LogP contribution is -2.31. The molecule has 0 amide bonds. The lowest BCUT2D eigenvalue weighted by Gasteiger charge is -2.28. The predicted octanol–water partition coefficient (Wildman–Crippen LogP) is 3.28. The summed E-state index contributed by atoms with van der Waals surface area (Å²) in [5.41, 5.74) is 7.00. The highest BCUT2D eigenvalue weighted by Crippen LogP contribution is 2.38. The second-order valence-electron chi connectivity index (χ2n) is 4.76. The molecule has 0 heterocycles. The summed E-state index contributed by atoms with van der Waals surface area (Å²) in [6.07, 6.45) is 2.52. The lowest BCUT2D eigenvalue weighted by molar-refractivity contribution is 0.572. The number of hydrogen-bond acceptors (Lipinski definition) is 2. The Bertz CT molecular complexity index is 418. The fraction of sp³-hybridized carbons (Fsp3) is 0.538. The van der Waals surface area contributed by atoms with Crippen molar-refractivity contribution < 1.29 is 4.39 Å². The van der Waals surface area contributed by atoms with Gasteiger partial charge in [0, 0.05) is 19.6 Å². The van der Waals surface area contributed by atoms with E-state index < -0.39 is 0 Å². The Morgan fingerprint density at radius 3 is 2.71 bits per heavy atom. The largest absolute Gasteiger partial charge is 0.369 e. The summed E-state index contributed by atoms with van der Waals surface area (Å²) in [6, 6.07) is 4.10. The fourth-order valence-corrected chi connectivity index (χ4v) is 2.62. The summed E-state index contributed by atoms with van der Waals surface area (Å²) in [4.78, 5) is 2.03. The van der Waals surface area contributed by atoms with E-state index in [0.717, 1.165) is 5.56 Å². The van der Waals surface area contributed by atoms with Gasteiger partial charge in [-0.1, -0.05) is 6.07 Å². The molecule has 0 aromatic heterocycles. The Labute approximate surface area is 110 Å². The average molecular weight is 301 g/mol. The quantitative estimate of drug-likeness (QED) is 0.924. The second-order valence-corrected chi connectivity index (χ2v) is 5.56. The summed E-state index contributed by atoms with van der Waals surface area (Å²) in [6.45, 7) is 2.50.